The zero-order valence-corrected chi connectivity index (χ0v) is 11.0. The zero-order valence-electron chi connectivity index (χ0n) is 11.0. The number of methoxy groups -OCH3 is 1. The number of ether oxygens (including phenoxy) is 2. The molecule has 7 heteroatoms. The lowest BCUT2D eigenvalue weighted by Gasteiger charge is -2.23. The van der Waals surface area contributed by atoms with E-state index in [2.05, 4.69) is 4.98 Å². The molecular weight excluding hydrogens is 261 g/mol. The minimum atomic E-state index is -4.52. The first kappa shape index (κ1) is 15.6. The van der Waals surface area contributed by atoms with Crippen molar-refractivity contribution in [2.24, 2.45) is 0 Å². The first-order valence-electron chi connectivity index (χ1n) is 5.66. The van der Waals surface area contributed by atoms with Crippen molar-refractivity contribution >= 4 is 5.69 Å². The molecule has 2 N–H and O–H groups in total. The number of nitrogens with two attached hydrogens (primary N) is 1. The molecule has 4 nitrogen and oxygen atoms in total. The van der Waals surface area contributed by atoms with Gasteiger partial charge < -0.3 is 15.2 Å². The van der Waals surface area contributed by atoms with Gasteiger partial charge in [0.15, 0.2) is 0 Å². The molecule has 0 spiro atoms. The highest BCUT2D eigenvalue weighted by molar-refractivity contribution is 5.51. The fourth-order valence-corrected chi connectivity index (χ4v) is 1.24. The Morgan fingerprint density at radius 1 is 1.32 bits per heavy atom. The zero-order chi connectivity index (χ0) is 14.7. The summed E-state index contributed by atoms with van der Waals surface area (Å²) in [5.41, 5.74) is 4.17. The van der Waals surface area contributed by atoms with Crippen molar-refractivity contribution < 1.29 is 22.6 Å². The van der Waals surface area contributed by atoms with Crippen molar-refractivity contribution in [2.75, 3.05) is 19.5 Å². The van der Waals surface area contributed by atoms with E-state index in [4.69, 9.17) is 15.2 Å². The van der Waals surface area contributed by atoms with Crippen LogP contribution in [0.1, 0.15) is 26.0 Å². The van der Waals surface area contributed by atoms with Crippen molar-refractivity contribution in [1.29, 1.82) is 0 Å². The van der Waals surface area contributed by atoms with E-state index in [1.165, 1.54) is 0 Å². The van der Waals surface area contributed by atoms with Crippen molar-refractivity contribution in [3.05, 3.63) is 18.0 Å². The molecule has 0 saturated heterocycles. The summed E-state index contributed by atoms with van der Waals surface area (Å²) in [6, 6.07) is 0.801. The monoisotopic (exact) mass is 278 g/mol. The van der Waals surface area contributed by atoms with Gasteiger partial charge in [0.1, 0.15) is 11.4 Å². The van der Waals surface area contributed by atoms with Crippen LogP contribution in [-0.2, 0) is 10.9 Å². The smallest absolute Gasteiger partial charge is 0.433 e. The number of hydrogen-bond donors (Lipinski definition) is 1. The molecule has 1 aromatic rings. The van der Waals surface area contributed by atoms with Gasteiger partial charge in [0, 0.05) is 19.6 Å². The average molecular weight is 278 g/mol. The highest BCUT2D eigenvalue weighted by Gasteiger charge is 2.33. The maximum absolute atomic E-state index is 12.5. The third-order valence-corrected chi connectivity index (χ3v) is 2.70. The van der Waals surface area contributed by atoms with E-state index >= 15 is 0 Å². The number of nitrogen functional groups attached to an aromatic ring is 1. The summed E-state index contributed by atoms with van der Waals surface area (Å²) >= 11 is 0. The Morgan fingerprint density at radius 2 is 1.95 bits per heavy atom. The molecule has 0 unspecified atom stereocenters. The molecule has 19 heavy (non-hydrogen) atoms. The van der Waals surface area contributed by atoms with Gasteiger partial charge in [-0.2, -0.15) is 13.2 Å². The highest BCUT2D eigenvalue weighted by Crippen LogP contribution is 2.32. The molecule has 1 aromatic heterocycles. The Hall–Kier alpha value is -1.50. The molecule has 0 aromatic carbocycles. The molecule has 0 atom stereocenters. The third-order valence-electron chi connectivity index (χ3n) is 2.70. The van der Waals surface area contributed by atoms with E-state index < -0.39 is 17.5 Å². The molecule has 0 aliphatic rings. The summed E-state index contributed by atoms with van der Waals surface area (Å²) in [4.78, 5) is 3.23. The molecule has 108 valence electrons. The summed E-state index contributed by atoms with van der Waals surface area (Å²) in [5, 5.41) is 0. The molecule has 1 heterocycles. The van der Waals surface area contributed by atoms with Crippen LogP contribution in [0.3, 0.4) is 0 Å². The van der Waals surface area contributed by atoms with Gasteiger partial charge in [-0.15, -0.1) is 0 Å². The Kier molecular flexibility index (Phi) is 4.62. The van der Waals surface area contributed by atoms with E-state index in [0.717, 1.165) is 12.3 Å². The lowest BCUT2D eigenvalue weighted by Crippen LogP contribution is -2.25. The standard InChI is InChI=1S/C12H17F3N2O2/c1-11(2,18-3)4-5-19-9-6-10(12(13,14)15)17-7-8(9)16/h6-7H,4-5,16H2,1-3H3. The molecule has 0 amide bonds. The largest absolute Gasteiger partial charge is 0.491 e. The molecule has 0 aliphatic carbocycles. The van der Waals surface area contributed by atoms with Crippen LogP contribution < -0.4 is 10.5 Å². The van der Waals surface area contributed by atoms with Gasteiger partial charge in [0.2, 0.25) is 0 Å². The second kappa shape index (κ2) is 5.64. The molecule has 1 rings (SSSR count). The number of pyridine rings is 1. The van der Waals surface area contributed by atoms with Crippen molar-refractivity contribution in [1.82, 2.24) is 4.98 Å². The summed E-state index contributed by atoms with van der Waals surface area (Å²) in [6.45, 7) is 3.91. The third kappa shape index (κ3) is 4.59. The molecule has 0 fully saturated rings. The fraction of sp³-hybridized carbons (Fsp3) is 0.583. The van der Waals surface area contributed by atoms with E-state index in [-0.39, 0.29) is 18.0 Å². The predicted molar refractivity (Wildman–Crippen MR) is 64.9 cm³/mol. The van der Waals surface area contributed by atoms with Crippen LogP contribution in [0.25, 0.3) is 0 Å². The first-order chi connectivity index (χ1) is 8.65. The number of rotatable bonds is 5. The Labute approximate surface area is 109 Å². The Balaban J connectivity index is 2.73. The molecule has 0 aliphatic heterocycles. The Morgan fingerprint density at radius 3 is 2.47 bits per heavy atom. The van der Waals surface area contributed by atoms with Crippen molar-refractivity contribution in [2.45, 2.75) is 32.0 Å². The van der Waals surface area contributed by atoms with E-state index in [1.54, 1.807) is 7.11 Å². The molecule has 0 radical (unpaired) electrons. The average Bonchev–Trinajstić information content (AvgIpc) is 2.30. The normalized spacial score (nSPS) is 12.5. The lowest BCUT2D eigenvalue weighted by molar-refractivity contribution is -0.141. The van der Waals surface area contributed by atoms with Crippen LogP contribution in [0.5, 0.6) is 5.75 Å². The van der Waals surface area contributed by atoms with Crippen LogP contribution >= 0.6 is 0 Å². The molecule has 0 saturated carbocycles. The van der Waals surface area contributed by atoms with Crippen LogP contribution in [0.15, 0.2) is 12.3 Å². The minimum absolute atomic E-state index is 0.0192. The van der Waals surface area contributed by atoms with Gasteiger partial charge in [-0.25, -0.2) is 4.98 Å². The van der Waals surface area contributed by atoms with Crippen LogP contribution in [0, 0.1) is 0 Å². The Bertz CT molecular complexity index is 433. The topological polar surface area (TPSA) is 57.4 Å². The number of anilines is 1. The summed E-state index contributed by atoms with van der Waals surface area (Å²) in [7, 11) is 1.56. The van der Waals surface area contributed by atoms with Crippen molar-refractivity contribution in [3.8, 4) is 5.75 Å². The van der Waals surface area contributed by atoms with E-state index in [1.807, 2.05) is 13.8 Å². The van der Waals surface area contributed by atoms with Gasteiger partial charge in [0.25, 0.3) is 0 Å². The quantitative estimate of drug-likeness (QED) is 0.899. The van der Waals surface area contributed by atoms with E-state index in [9.17, 15) is 13.2 Å². The van der Waals surface area contributed by atoms with Crippen molar-refractivity contribution in [3.63, 3.8) is 0 Å². The second-order valence-corrected chi connectivity index (χ2v) is 4.67. The fourth-order valence-electron chi connectivity index (χ4n) is 1.24. The number of aromatic nitrogens is 1. The summed E-state index contributed by atoms with van der Waals surface area (Å²) < 4.78 is 47.9. The van der Waals surface area contributed by atoms with Crippen LogP contribution in [0.4, 0.5) is 18.9 Å². The van der Waals surface area contributed by atoms with Crippen LogP contribution in [0.2, 0.25) is 0 Å². The summed E-state index contributed by atoms with van der Waals surface area (Å²) in [5.74, 6) is -0.0192. The van der Waals surface area contributed by atoms with Gasteiger partial charge in [-0.05, 0) is 13.8 Å². The maximum Gasteiger partial charge on any atom is 0.433 e. The van der Waals surface area contributed by atoms with Gasteiger partial charge in [0.05, 0.1) is 24.1 Å². The first-order valence-corrected chi connectivity index (χ1v) is 5.66. The number of hydrogen-bond acceptors (Lipinski definition) is 4. The number of alkyl halides is 3. The predicted octanol–water partition coefficient (Wildman–Crippen LogP) is 2.88. The highest BCUT2D eigenvalue weighted by atomic mass is 19.4. The van der Waals surface area contributed by atoms with Crippen LogP contribution in [-0.4, -0.2) is 24.3 Å². The minimum Gasteiger partial charge on any atom is -0.491 e. The SMILES string of the molecule is COC(C)(C)CCOc1cc(C(F)(F)F)ncc1N. The number of halogens is 3. The lowest BCUT2D eigenvalue weighted by atomic mass is 10.1. The van der Waals surface area contributed by atoms with Gasteiger partial charge in [-0.1, -0.05) is 0 Å². The molecule has 0 bridgehead atoms. The summed E-state index contributed by atoms with van der Waals surface area (Å²) in [6.07, 6.45) is -3.05. The maximum atomic E-state index is 12.5. The van der Waals surface area contributed by atoms with Gasteiger partial charge >= 0.3 is 6.18 Å². The number of nitrogens with zero attached hydrogens (tertiary/aromatic N) is 1. The molecular formula is C12H17F3N2O2. The van der Waals surface area contributed by atoms with Gasteiger partial charge in [-0.3, -0.25) is 0 Å². The second-order valence-electron chi connectivity index (χ2n) is 4.67. The van der Waals surface area contributed by atoms with E-state index in [0.29, 0.717) is 6.42 Å².